The normalized spacial score (nSPS) is 14.9. The molecule has 1 fully saturated rings. The number of nitrogens with one attached hydrogen (secondary N) is 2. The van der Waals surface area contributed by atoms with Crippen LogP contribution in [0.1, 0.15) is 25.8 Å². The fourth-order valence-corrected chi connectivity index (χ4v) is 2.21. The number of tetrazole rings is 1. The smallest absolute Gasteiger partial charge is 0.313 e. The highest BCUT2D eigenvalue weighted by Gasteiger charge is 2.28. The number of aliphatic hydroxyl groups excluding tert-OH is 1. The van der Waals surface area contributed by atoms with Crippen molar-refractivity contribution in [2.45, 2.75) is 31.8 Å². The van der Waals surface area contributed by atoms with Gasteiger partial charge in [-0.3, -0.25) is 9.59 Å². The second-order valence-electron chi connectivity index (χ2n) is 5.77. The molecule has 2 aromatic rings. The number of hydrogen-bond donors (Lipinski definition) is 3. The van der Waals surface area contributed by atoms with Crippen LogP contribution in [0.15, 0.2) is 24.3 Å². The molecule has 1 atom stereocenters. The highest BCUT2D eigenvalue weighted by Crippen LogP contribution is 2.36. The lowest BCUT2D eigenvalue weighted by atomic mass is 10.2. The number of carbonyl (C=O) groups is 2. The van der Waals surface area contributed by atoms with Crippen molar-refractivity contribution in [1.29, 1.82) is 0 Å². The van der Waals surface area contributed by atoms with E-state index in [0.29, 0.717) is 17.6 Å². The van der Waals surface area contributed by atoms with Crippen LogP contribution >= 0.6 is 0 Å². The Labute approximate surface area is 138 Å². The van der Waals surface area contributed by atoms with Crippen LogP contribution in [-0.4, -0.2) is 49.8 Å². The van der Waals surface area contributed by atoms with E-state index >= 15 is 0 Å². The average molecular weight is 330 g/mol. The van der Waals surface area contributed by atoms with Gasteiger partial charge in [0.15, 0.2) is 5.82 Å². The van der Waals surface area contributed by atoms with Crippen LogP contribution in [0.4, 0.5) is 5.69 Å². The van der Waals surface area contributed by atoms with Gasteiger partial charge in [0.2, 0.25) is 0 Å². The third kappa shape index (κ3) is 3.57. The number of amides is 2. The first-order valence-corrected chi connectivity index (χ1v) is 7.69. The molecule has 1 aliphatic carbocycles. The van der Waals surface area contributed by atoms with Gasteiger partial charge in [-0.05, 0) is 42.3 Å². The summed E-state index contributed by atoms with van der Waals surface area (Å²) in [6.07, 6.45) is 2.11. The van der Waals surface area contributed by atoms with Gasteiger partial charge >= 0.3 is 11.8 Å². The van der Waals surface area contributed by atoms with Crippen LogP contribution in [0, 0.1) is 0 Å². The molecule has 3 N–H and O–H groups in total. The summed E-state index contributed by atoms with van der Waals surface area (Å²) in [5, 5.41) is 25.6. The van der Waals surface area contributed by atoms with E-state index in [-0.39, 0.29) is 6.61 Å². The summed E-state index contributed by atoms with van der Waals surface area (Å²) in [4.78, 5) is 23.6. The second-order valence-corrected chi connectivity index (χ2v) is 5.77. The zero-order valence-corrected chi connectivity index (χ0v) is 13.1. The molecule has 126 valence electrons. The molecule has 3 rings (SSSR count). The van der Waals surface area contributed by atoms with Gasteiger partial charge < -0.3 is 15.7 Å². The molecular formula is C15H18N6O3. The fraction of sp³-hybridized carbons (Fsp3) is 0.400. The molecule has 0 unspecified atom stereocenters. The topological polar surface area (TPSA) is 122 Å². The number of aromatic nitrogens is 4. The molecule has 1 aromatic carbocycles. The van der Waals surface area contributed by atoms with Crippen LogP contribution in [0.2, 0.25) is 0 Å². The number of benzene rings is 1. The van der Waals surface area contributed by atoms with Crippen LogP contribution in [0.25, 0.3) is 11.4 Å². The molecule has 9 heteroatoms. The second kappa shape index (κ2) is 6.75. The maximum atomic E-state index is 11.9. The van der Waals surface area contributed by atoms with E-state index in [1.165, 1.54) is 0 Å². The van der Waals surface area contributed by atoms with Crippen LogP contribution in [0.5, 0.6) is 0 Å². The Bertz CT molecular complexity index is 755. The Morgan fingerprint density at radius 3 is 2.88 bits per heavy atom. The summed E-state index contributed by atoms with van der Waals surface area (Å²) in [7, 11) is 0. The lowest BCUT2D eigenvalue weighted by Gasteiger charge is -2.11. The van der Waals surface area contributed by atoms with Gasteiger partial charge in [-0.2, -0.15) is 0 Å². The SMILES string of the molecule is C[C@@H](CO)NC(=O)C(=O)Nc1cccc(-c2nnnn2C2CC2)c1. The van der Waals surface area contributed by atoms with E-state index in [2.05, 4.69) is 26.2 Å². The molecule has 0 saturated heterocycles. The van der Waals surface area contributed by atoms with Crippen LogP contribution < -0.4 is 10.6 Å². The van der Waals surface area contributed by atoms with Gasteiger partial charge in [0.25, 0.3) is 0 Å². The molecule has 0 spiro atoms. The molecule has 1 saturated carbocycles. The Morgan fingerprint density at radius 1 is 1.38 bits per heavy atom. The van der Waals surface area contributed by atoms with Crippen molar-refractivity contribution >= 4 is 17.5 Å². The molecular weight excluding hydrogens is 312 g/mol. The van der Waals surface area contributed by atoms with E-state index < -0.39 is 17.9 Å². The van der Waals surface area contributed by atoms with E-state index in [0.717, 1.165) is 18.4 Å². The predicted molar refractivity (Wildman–Crippen MR) is 84.8 cm³/mol. The number of nitrogens with zero attached hydrogens (tertiary/aromatic N) is 4. The maximum absolute atomic E-state index is 11.9. The molecule has 9 nitrogen and oxygen atoms in total. The van der Waals surface area contributed by atoms with Gasteiger partial charge in [0.05, 0.1) is 12.6 Å². The van der Waals surface area contributed by atoms with Crippen molar-refractivity contribution in [1.82, 2.24) is 25.5 Å². The van der Waals surface area contributed by atoms with Gasteiger partial charge in [0.1, 0.15) is 0 Å². The first kappa shape index (κ1) is 16.1. The standard InChI is InChI=1S/C15H18N6O3/c1-9(8-22)16-14(23)15(24)17-11-4-2-3-10(7-11)13-18-19-20-21(13)12-5-6-12/h2-4,7,9,12,22H,5-6,8H2,1H3,(H,16,23)(H,17,24)/t9-/m0/s1. The van der Waals surface area contributed by atoms with Crippen molar-refractivity contribution in [3.8, 4) is 11.4 Å². The average Bonchev–Trinajstić information content (AvgIpc) is 3.31. The molecule has 1 heterocycles. The molecule has 1 aliphatic rings. The van der Waals surface area contributed by atoms with E-state index in [1.807, 2.05) is 6.07 Å². The van der Waals surface area contributed by atoms with Crippen LogP contribution in [0.3, 0.4) is 0 Å². The van der Waals surface area contributed by atoms with Crippen molar-refractivity contribution in [2.24, 2.45) is 0 Å². The van der Waals surface area contributed by atoms with E-state index in [9.17, 15) is 9.59 Å². The van der Waals surface area contributed by atoms with E-state index in [1.54, 1.807) is 29.8 Å². The number of hydrogen-bond acceptors (Lipinski definition) is 6. The number of carbonyl (C=O) groups excluding carboxylic acids is 2. The molecule has 2 amide bonds. The third-order valence-corrected chi connectivity index (χ3v) is 3.62. The third-order valence-electron chi connectivity index (χ3n) is 3.62. The van der Waals surface area contributed by atoms with Gasteiger partial charge in [-0.15, -0.1) is 5.10 Å². The molecule has 24 heavy (non-hydrogen) atoms. The zero-order chi connectivity index (χ0) is 17.1. The fourth-order valence-electron chi connectivity index (χ4n) is 2.21. The highest BCUT2D eigenvalue weighted by molar-refractivity contribution is 6.39. The number of anilines is 1. The first-order chi connectivity index (χ1) is 11.6. The predicted octanol–water partition coefficient (Wildman–Crippen LogP) is 0.110. The molecule has 0 radical (unpaired) electrons. The summed E-state index contributed by atoms with van der Waals surface area (Å²) < 4.78 is 1.77. The lowest BCUT2D eigenvalue weighted by Crippen LogP contribution is -2.42. The van der Waals surface area contributed by atoms with Crippen molar-refractivity contribution in [2.75, 3.05) is 11.9 Å². The largest absolute Gasteiger partial charge is 0.394 e. The number of rotatable bonds is 5. The zero-order valence-electron chi connectivity index (χ0n) is 13.1. The summed E-state index contributed by atoms with van der Waals surface area (Å²) >= 11 is 0. The molecule has 0 bridgehead atoms. The Kier molecular flexibility index (Phi) is 4.52. The maximum Gasteiger partial charge on any atom is 0.313 e. The minimum atomic E-state index is -0.801. The number of aliphatic hydroxyl groups is 1. The minimum absolute atomic E-state index is 0.238. The van der Waals surface area contributed by atoms with Gasteiger partial charge in [0, 0.05) is 17.3 Å². The van der Waals surface area contributed by atoms with Crippen molar-refractivity contribution in [3.63, 3.8) is 0 Å². The Balaban J connectivity index is 1.72. The Hall–Kier alpha value is -2.81. The summed E-state index contributed by atoms with van der Waals surface area (Å²) in [6.45, 7) is 1.36. The summed E-state index contributed by atoms with van der Waals surface area (Å²) in [6, 6.07) is 6.83. The molecule has 0 aliphatic heterocycles. The van der Waals surface area contributed by atoms with Gasteiger partial charge in [-0.1, -0.05) is 12.1 Å². The summed E-state index contributed by atoms with van der Waals surface area (Å²) in [5.41, 5.74) is 1.23. The minimum Gasteiger partial charge on any atom is -0.394 e. The van der Waals surface area contributed by atoms with Crippen molar-refractivity contribution in [3.05, 3.63) is 24.3 Å². The summed E-state index contributed by atoms with van der Waals surface area (Å²) in [5.74, 6) is -0.967. The Morgan fingerprint density at radius 2 is 2.17 bits per heavy atom. The lowest BCUT2D eigenvalue weighted by molar-refractivity contribution is -0.136. The quantitative estimate of drug-likeness (QED) is 0.669. The van der Waals surface area contributed by atoms with Gasteiger partial charge in [-0.25, -0.2) is 4.68 Å². The first-order valence-electron chi connectivity index (χ1n) is 7.69. The van der Waals surface area contributed by atoms with E-state index in [4.69, 9.17) is 5.11 Å². The van der Waals surface area contributed by atoms with Crippen LogP contribution in [-0.2, 0) is 9.59 Å². The monoisotopic (exact) mass is 330 g/mol. The highest BCUT2D eigenvalue weighted by atomic mass is 16.3. The molecule has 1 aromatic heterocycles. The van der Waals surface area contributed by atoms with Crippen molar-refractivity contribution < 1.29 is 14.7 Å².